The van der Waals surface area contributed by atoms with Crippen LogP contribution >= 0.6 is 0 Å². The predicted octanol–water partition coefficient (Wildman–Crippen LogP) is 1.01. The van der Waals surface area contributed by atoms with Crippen LogP contribution in [-0.4, -0.2) is 52.7 Å². The maximum atomic E-state index is 12.8. The topological polar surface area (TPSA) is 95.7 Å². The van der Waals surface area contributed by atoms with Crippen LogP contribution in [0.2, 0.25) is 0 Å². The van der Waals surface area contributed by atoms with E-state index in [1.165, 1.54) is 0 Å². The first-order valence-electron chi connectivity index (χ1n) is 9.38. The van der Waals surface area contributed by atoms with Crippen molar-refractivity contribution >= 4 is 17.7 Å². The zero-order valence-corrected chi connectivity index (χ0v) is 16.2. The van der Waals surface area contributed by atoms with Crippen LogP contribution in [0.3, 0.4) is 0 Å². The Kier molecular flexibility index (Phi) is 5.35. The van der Waals surface area contributed by atoms with Gasteiger partial charge in [0.2, 0.25) is 11.8 Å². The molecule has 1 unspecified atom stereocenters. The fourth-order valence-electron chi connectivity index (χ4n) is 3.65. The number of carbonyl (C=O) groups excluding carboxylic acids is 3. The first kappa shape index (κ1) is 19.5. The second-order valence-corrected chi connectivity index (χ2v) is 8.32. The standard InChI is InChI=1S/C20H28N4O3/c1-20(2,21)9-10-23(3)11-13-5-4-6-14-15(13)12-24(19(14)27)16-7-8-17(25)22-18(16)26/h4-6,16H,7-12,21H2,1-3H3,(H,22,25,26). The van der Waals surface area contributed by atoms with Gasteiger partial charge >= 0.3 is 0 Å². The van der Waals surface area contributed by atoms with Crippen molar-refractivity contribution in [2.45, 2.75) is 57.8 Å². The molecule has 3 rings (SSSR count). The third-order valence-electron chi connectivity index (χ3n) is 5.26. The molecule has 146 valence electrons. The molecule has 3 N–H and O–H groups in total. The number of hydrogen-bond acceptors (Lipinski definition) is 5. The van der Waals surface area contributed by atoms with Crippen LogP contribution in [0.15, 0.2) is 18.2 Å². The van der Waals surface area contributed by atoms with Crippen molar-refractivity contribution in [3.05, 3.63) is 34.9 Å². The lowest BCUT2D eigenvalue weighted by Crippen LogP contribution is -2.52. The van der Waals surface area contributed by atoms with E-state index in [4.69, 9.17) is 5.73 Å². The van der Waals surface area contributed by atoms with Crippen molar-refractivity contribution < 1.29 is 14.4 Å². The summed E-state index contributed by atoms with van der Waals surface area (Å²) in [5.41, 5.74) is 8.58. The van der Waals surface area contributed by atoms with Gasteiger partial charge in [0.05, 0.1) is 0 Å². The number of nitrogens with two attached hydrogens (primary N) is 1. The van der Waals surface area contributed by atoms with Crippen molar-refractivity contribution in [1.29, 1.82) is 0 Å². The molecular formula is C20H28N4O3. The number of amides is 3. The summed E-state index contributed by atoms with van der Waals surface area (Å²) in [5.74, 6) is -0.783. The van der Waals surface area contributed by atoms with Gasteiger partial charge in [0.25, 0.3) is 5.91 Å². The van der Waals surface area contributed by atoms with Crippen molar-refractivity contribution in [3.8, 4) is 0 Å². The number of rotatable bonds is 6. The Morgan fingerprint density at radius 1 is 1.30 bits per heavy atom. The molecule has 0 aliphatic carbocycles. The molecule has 3 amide bonds. The SMILES string of the molecule is CN(CCC(C)(C)N)Cc1cccc2c1CN(C1CCC(=O)NC1=O)C2=O. The zero-order chi connectivity index (χ0) is 19.8. The highest BCUT2D eigenvalue weighted by Gasteiger charge is 2.39. The van der Waals surface area contributed by atoms with Gasteiger partial charge in [0.15, 0.2) is 0 Å². The number of fused-ring (bicyclic) bond motifs is 1. The Labute approximate surface area is 159 Å². The molecule has 2 aliphatic rings. The minimum Gasteiger partial charge on any atom is -0.326 e. The van der Waals surface area contributed by atoms with Crippen molar-refractivity contribution in [2.24, 2.45) is 5.73 Å². The lowest BCUT2D eigenvalue weighted by molar-refractivity contribution is -0.136. The number of benzene rings is 1. The van der Waals surface area contributed by atoms with Crippen LogP contribution in [0.1, 0.15) is 54.6 Å². The van der Waals surface area contributed by atoms with Crippen molar-refractivity contribution in [2.75, 3.05) is 13.6 Å². The molecule has 0 spiro atoms. The normalized spacial score (nSPS) is 20.3. The molecule has 0 aromatic heterocycles. The lowest BCUT2D eigenvalue weighted by Gasteiger charge is -2.29. The van der Waals surface area contributed by atoms with Crippen LogP contribution in [0.5, 0.6) is 0 Å². The summed E-state index contributed by atoms with van der Waals surface area (Å²) in [7, 11) is 2.04. The number of piperidine rings is 1. The van der Waals surface area contributed by atoms with Gasteiger partial charge in [0.1, 0.15) is 6.04 Å². The first-order valence-corrected chi connectivity index (χ1v) is 9.38. The number of carbonyl (C=O) groups is 3. The Morgan fingerprint density at radius 2 is 2.04 bits per heavy atom. The molecule has 1 aromatic rings. The third kappa shape index (κ3) is 4.36. The van der Waals surface area contributed by atoms with E-state index in [0.29, 0.717) is 18.5 Å². The van der Waals surface area contributed by atoms with E-state index in [2.05, 4.69) is 10.2 Å². The second-order valence-electron chi connectivity index (χ2n) is 8.32. The van der Waals surface area contributed by atoms with E-state index in [1.807, 2.05) is 39.1 Å². The molecule has 27 heavy (non-hydrogen) atoms. The average molecular weight is 372 g/mol. The molecule has 7 nitrogen and oxygen atoms in total. The molecule has 7 heteroatoms. The summed E-state index contributed by atoms with van der Waals surface area (Å²) in [5, 5.41) is 2.34. The lowest BCUT2D eigenvalue weighted by atomic mass is 10.0. The third-order valence-corrected chi connectivity index (χ3v) is 5.26. The predicted molar refractivity (Wildman–Crippen MR) is 102 cm³/mol. The van der Waals surface area contributed by atoms with Crippen LogP contribution in [0.25, 0.3) is 0 Å². The van der Waals surface area contributed by atoms with Gasteiger partial charge in [-0.05, 0) is 57.5 Å². The molecule has 0 bridgehead atoms. The number of hydrogen-bond donors (Lipinski definition) is 2. The van der Waals surface area contributed by atoms with Gasteiger partial charge in [0, 0.05) is 30.6 Å². The van der Waals surface area contributed by atoms with Crippen LogP contribution in [-0.2, 0) is 22.7 Å². The molecule has 0 saturated carbocycles. The van der Waals surface area contributed by atoms with E-state index in [9.17, 15) is 14.4 Å². The summed E-state index contributed by atoms with van der Waals surface area (Å²) in [6, 6.07) is 5.16. The average Bonchev–Trinajstić information content (AvgIpc) is 2.91. The summed E-state index contributed by atoms with van der Waals surface area (Å²) in [4.78, 5) is 40.2. The fraction of sp³-hybridized carbons (Fsp3) is 0.550. The second kappa shape index (κ2) is 7.40. The van der Waals surface area contributed by atoms with Crippen LogP contribution in [0, 0.1) is 0 Å². The van der Waals surface area contributed by atoms with Crippen LogP contribution < -0.4 is 11.1 Å². The Balaban J connectivity index is 1.74. The van der Waals surface area contributed by atoms with Gasteiger partial charge in [-0.25, -0.2) is 0 Å². The zero-order valence-electron chi connectivity index (χ0n) is 16.2. The number of nitrogens with zero attached hydrogens (tertiary/aromatic N) is 2. The van der Waals surface area contributed by atoms with Gasteiger partial charge in [-0.15, -0.1) is 0 Å². The minimum atomic E-state index is -0.578. The van der Waals surface area contributed by atoms with E-state index >= 15 is 0 Å². The molecular weight excluding hydrogens is 344 g/mol. The summed E-state index contributed by atoms with van der Waals surface area (Å²) in [6.45, 7) is 6.01. The van der Waals surface area contributed by atoms with Gasteiger partial charge in [-0.2, -0.15) is 0 Å². The molecule has 2 aliphatic heterocycles. The molecule has 0 radical (unpaired) electrons. The minimum absolute atomic E-state index is 0.132. The summed E-state index contributed by atoms with van der Waals surface area (Å²) in [6.07, 6.45) is 1.52. The highest BCUT2D eigenvalue weighted by Crippen LogP contribution is 2.30. The monoisotopic (exact) mass is 372 g/mol. The van der Waals surface area contributed by atoms with E-state index in [-0.39, 0.29) is 29.7 Å². The molecule has 1 fully saturated rings. The van der Waals surface area contributed by atoms with Crippen molar-refractivity contribution in [3.63, 3.8) is 0 Å². The quantitative estimate of drug-likeness (QED) is 0.727. The molecule has 1 aromatic carbocycles. The smallest absolute Gasteiger partial charge is 0.255 e. The Morgan fingerprint density at radius 3 is 2.70 bits per heavy atom. The fourth-order valence-corrected chi connectivity index (χ4v) is 3.65. The molecule has 2 heterocycles. The largest absolute Gasteiger partial charge is 0.326 e. The first-order chi connectivity index (χ1) is 12.7. The van der Waals surface area contributed by atoms with E-state index < -0.39 is 6.04 Å². The van der Waals surface area contributed by atoms with Gasteiger partial charge in [-0.1, -0.05) is 12.1 Å². The maximum Gasteiger partial charge on any atom is 0.255 e. The van der Waals surface area contributed by atoms with Gasteiger partial charge < -0.3 is 15.5 Å². The summed E-state index contributed by atoms with van der Waals surface area (Å²) >= 11 is 0. The van der Waals surface area contributed by atoms with E-state index in [0.717, 1.165) is 30.6 Å². The summed E-state index contributed by atoms with van der Waals surface area (Å²) < 4.78 is 0. The highest BCUT2D eigenvalue weighted by molar-refractivity contribution is 6.05. The maximum absolute atomic E-state index is 12.8. The number of nitrogens with one attached hydrogen (secondary N) is 1. The van der Waals surface area contributed by atoms with Gasteiger partial charge in [-0.3, -0.25) is 19.7 Å². The Hall–Kier alpha value is -2.25. The van der Waals surface area contributed by atoms with E-state index in [1.54, 1.807) is 4.90 Å². The Bertz CT molecular complexity index is 769. The number of imide groups is 1. The molecule has 1 saturated heterocycles. The highest BCUT2D eigenvalue weighted by atomic mass is 16.2. The molecule has 1 atom stereocenters. The van der Waals surface area contributed by atoms with Crippen molar-refractivity contribution in [1.82, 2.24) is 15.1 Å². The van der Waals surface area contributed by atoms with Crippen LogP contribution in [0.4, 0.5) is 0 Å².